The molecule has 0 bridgehead atoms. The van der Waals surface area contributed by atoms with Gasteiger partial charge in [0.25, 0.3) is 0 Å². The topological polar surface area (TPSA) is 55.6 Å². The quantitative estimate of drug-likeness (QED) is 0.350. The molecule has 166 valence electrons. The lowest BCUT2D eigenvalue weighted by Gasteiger charge is -2.14. The molecule has 2 saturated heterocycles. The molecule has 0 spiro atoms. The van der Waals surface area contributed by atoms with Crippen LogP contribution in [0.4, 0.5) is 8.78 Å². The lowest BCUT2D eigenvalue weighted by atomic mass is 9.96. The molecule has 6 rings (SSSR count). The molecule has 0 radical (unpaired) electrons. The number of H-pyrrole nitrogens is 2. The van der Waals surface area contributed by atoms with Gasteiger partial charge in [0, 0.05) is 33.9 Å². The van der Waals surface area contributed by atoms with Crippen LogP contribution in [0.15, 0.2) is 36.4 Å². The minimum atomic E-state index is -0.245. The second kappa shape index (κ2) is 8.01. The molecule has 2 aliphatic rings. The number of fused-ring (bicyclic) bond motifs is 2. The van der Waals surface area contributed by atoms with Gasteiger partial charge in [0.15, 0.2) is 0 Å². The molecule has 4 heterocycles. The zero-order valence-corrected chi connectivity index (χ0v) is 18.0. The Morgan fingerprint density at radius 1 is 0.688 bits per heavy atom. The van der Waals surface area contributed by atoms with Crippen molar-refractivity contribution in [3.8, 4) is 11.4 Å². The SMILES string of the molecule is Fc1ccc2c(CC3CCCN3)c(-c3[nH]c4cc(F)ccc4c3CC3CCCN3)[nH]c2c1. The van der Waals surface area contributed by atoms with E-state index in [-0.39, 0.29) is 11.6 Å². The Morgan fingerprint density at radius 3 is 1.56 bits per heavy atom. The molecule has 4 N–H and O–H groups in total. The van der Waals surface area contributed by atoms with Crippen molar-refractivity contribution >= 4 is 21.8 Å². The third kappa shape index (κ3) is 3.51. The van der Waals surface area contributed by atoms with Gasteiger partial charge in [-0.25, -0.2) is 8.78 Å². The Morgan fingerprint density at radius 2 is 1.16 bits per heavy atom. The third-order valence-corrected chi connectivity index (χ3v) is 7.21. The second-order valence-electron chi connectivity index (χ2n) is 9.33. The van der Waals surface area contributed by atoms with E-state index in [4.69, 9.17) is 0 Å². The van der Waals surface area contributed by atoms with Gasteiger partial charge in [-0.05, 0) is 99.1 Å². The maximum atomic E-state index is 14.1. The number of hydrogen-bond acceptors (Lipinski definition) is 2. The van der Waals surface area contributed by atoms with Crippen molar-refractivity contribution in [3.05, 3.63) is 59.2 Å². The van der Waals surface area contributed by atoms with Gasteiger partial charge >= 0.3 is 0 Å². The van der Waals surface area contributed by atoms with Crippen LogP contribution in [-0.4, -0.2) is 35.1 Å². The number of benzene rings is 2. The number of aromatic nitrogens is 2. The third-order valence-electron chi connectivity index (χ3n) is 7.21. The van der Waals surface area contributed by atoms with Crippen LogP contribution in [0.5, 0.6) is 0 Å². The fraction of sp³-hybridized carbons (Fsp3) is 0.385. The molecule has 4 aromatic rings. The van der Waals surface area contributed by atoms with E-state index in [1.54, 1.807) is 12.1 Å². The molecular formula is C26H28F2N4. The van der Waals surface area contributed by atoms with E-state index in [0.29, 0.717) is 12.1 Å². The molecule has 0 amide bonds. The van der Waals surface area contributed by atoms with Gasteiger partial charge in [-0.1, -0.05) is 0 Å². The summed E-state index contributed by atoms with van der Waals surface area (Å²) >= 11 is 0. The van der Waals surface area contributed by atoms with Gasteiger partial charge in [-0.2, -0.15) is 0 Å². The average molecular weight is 435 g/mol. The highest BCUT2D eigenvalue weighted by molar-refractivity contribution is 5.96. The maximum Gasteiger partial charge on any atom is 0.125 e. The summed E-state index contributed by atoms with van der Waals surface area (Å²) in [6.07, 6.45) is 6.41. The molecular weight excluding hydrogens is 406 g/mol. The normalized spacial score (nSPS) is 21.3. The minimum Gasteiger partial charge on any atom is -0.353 e. The van der Waals surface area contributed by atoms with Crippen molar-refractivity contribution in [2.75, 3.05) is 13.1 Å². The Balaban J connectivity index is 1.54. The fourth-order valence-corrected chi connectivity index (χ4v) is 5.66. The van der Waals surface area contributed by atoms with Crippen molar-refractivity contribution in [1.29, 1.82) is 0 Å². The Kier molecular flexibility index (Phi) is 5.00. The Hall–Kier alpha value is -2.70. The molecule has 6 heteroatoms. The first-order valence-electron chi connectivity index (χ1n) is 11.7. The lowest BCUT2D eigenvalue weighted by molar-refractivity contribution is 0.603. The Bertz CT molecular complexity index is 1180. The van der Waals surface area contributed by atoms with Crippen molar-refractivity contribution in [2.45, 2.75) is 50.6 Å². The van der Waals surface area contributed by atoms with Crippen LogP contribution in [-0.2, 0) is 12.8 Å². The summed E-state index contributed by atoms with van der Waals surface area (Å²) in [4.78, 5) is 7.05. The summed E-state index contributed by atoms with van der Waals surface area (Å²) in [5, 5.41) is 9.32. The highest BCUT2D eigenvalue weighted by atomic mass is 19.1. The van der Waals surface area contributed by atoms with Crippen molar-refractivity contribution in [1.82, 2.24) is 20.6 Å². The van der Waals surface area contributed by atoms with E-state index in [2.05, 4.69) is 20.6 Å². The highest BCUT2D eigenvalue weighted by Crippen LogP contribution is 2.38. The summed E-state index contributed by atoms with van der Waals surface area (Å²) in [7, 11) is 0. The van der Waals surface area contributed by atoms with Gasteiger partial charge in [0.05, 0.1) is 11.4 Å². The van der Waals surface area contributed by atoms with Crippen molar-refractivity contribution in [2.24, 2.45) is 0 Å². The Labute approximate surface area is 185 Å². The van der Waals surface area contributed by atoms with Crippen LogP contribution in [0.3, 0.4) is 0 Å². The first kappa shape index (κ1) is 19.9. The van der Waals surface area contributed by atoms with E-state index >= 15 is 0 Å². The first-order valence-corrected chi connectivity index (χ1v) is 11.7. The van der Waals surface area contributed by atoms with Crippen LogP contribution in [0.25, 0.3) is 33.2 Å². The molecule has 2 aromatic carbocycles. The van der Waals surface area contributed by atoms with Gasteiger partial charge in [0.1, 0.15) is 11.6 Å². The average Bonchev–Trinajstić information content (AvgIpc) is 3.56. The number of halogens is 2. The van der Waals surface area contributed by atoms with E-state index < -0.39 is 0 Å². The molecule has 2 aliphatic heterocycles. The zero-order valence-electron chi connectivity index (χ0n) is 18.0. The molecule has 2 aromatic heterocycles. The molecule has 4 nitrogen and oxygen atoms in total. The fourth-order valence-electron chi connectivity index (χ4n) is 5.66. The summed E-state index contributed by atoms with van der Waals surface area (Å²) < 4.78 is 28.1. The highest BCUT2D eigenvalue weighted by Gasteiger charge is 2.25. The van der Waals surface area contributed by atoms with Gasteiger partial charge in [-0.3, -0.25) is 0 Å². The number of hydrogen-bond donors (Lipinski definition) is 4. The number of aromatic amines is 2. The molecule has 0 aliphatic carbocycles. The molecule has 0 saturated carbocycles. The van der Waals surface area contributed by atoms with Crippen LogP contribution >= 0.6 is 0 Å². The zero-order chi connectivity index (χ0) is 21.7. The van der Waals surface area contributed by atoms with E-state index in [1.807, 2.05) is 12.1 Å². The van der Waals surface area contributed by atoms with Gasteiger partial charge < -0.3 is 20.6 Å². The smallest absolute Gasteiger partial charge is 0.125 e. The molecule has 2 unspecified atom stereocenters. The second-order valence-corrected chi connectivity index (χ2v) is 9.33. The first-order chi connectivity index (χ1) is 15.7. The summed E-state index contributed by atoms with van der Waals surface area (Å²) in [6.45, 7) is 2.09. The summed E-state index contributed by atoms with van der Waals surface area (Å²) in [5.41, 5.74) is 6.03. The number of rotatable bonds is 5. The number of nitrogens with one attached hydrogen (secondary N) is 4. The van der Waals surface area contributed by atoms with Crippen LogP contribution < -0.4 is 10.6 Å². The van der Waals surface area contributed by atoms with Crippen molar-refractivity contribution < 1.29 is 8.78 Å². The molecule has 2 atom stereocenters. The minimum absolute atomic E-state index is 0.245. The van der Waals surface area contributed by atoms with E-state index in [0.717, 1.165) is 72.0 Å². The largest absolute Gasteiger partial charge is 0.353 e. The summed E-state index contributed by atoms with van der Waals surface area (Å²) in [5.74, 6) is -0.491. The van der Waals surface area contributed by atoms with Crippen LogP contribution in [0, 0.1) is 11.6 Å². The predicted octanol–water partition coefficient (Wildman–Crippen LogP) is 5.18. The van der Waals surface area contributed by atoms with Crippen molar-refractivity contribution in [3.63, 3.8) is 0 Å². The maximum absolute atomic E-state index is 14.1. The molecule has 32 heavy (non-hydrogen) atoms. The molecule has 2 fully saturated rings. The van der Waals surface area contributed by atoms with Crippen LogP contribution in [0.1, 0.15) is 36.8 Å². The van der Waals surface area contributed by atoms with Crippen LogP contribution in [0.2, 0.25) is 0 Å². The van der Waals surface area contributed by atoms with Gasteiger partial charge in [0.2, 0.25) is 0 Å². The summed E-state index contributed by atoms with van der Waals surface area (Å²) in [6, 6.07) is 10.8. The van der Waals surface area contributed by atoms with Gasteiger partial charge in [-0.15, -0.1) is 0 Å². The standard InChI is InChI=1S/C26H28F2N4/c27-15-5-7-19-21(13-17-3-1-9-29-17)25(31-23(19)11-15)26-22(14-18-4-2-10-30-18)20-8-6-16(28)12-24(20)32-26/h5-8,11-12,17-18,29-32H,1-4,9-10,13-14H2. The lowest BCUT2D eigenvalue weighted by Crippen LogP contribution is -2.24. The monoisotopic (exact) mass is 434 g/mol. The van der Waals surface area contributed by atoms with E-state index in [9.17, 15) is 8.78 Å². The van der Waals surface area contributed by atoms with E-state index in [1.165, 1.54) is 36.1 Å². The predicted molar refractivity (Wildman–Crippen MR) is 125 cm³/mol.